The van der Waals surface area contributed by atoms with Gasteiger partial charge in [0.05, 0.1) is 12.1 Å². The first-order chi connectivity index (χ1) is 7.87. The van der Waals surface area contributed by atoms with Gasteiger partial charge in [-0.3, -0.25) is 14.3 Å². The van der Waals surface area contributed by atoms with Crippen molar-refractivity contribution >= 4 is 11.6 Å². The lowest BCUT2D eigenvalue weighted by Gasteiger charge is -2.51. The third-order valence-corrected chi connectivity index (χ3v) is 3.86. The Bertz CT molecular complexity index is 515. The Kier molecular flexibility index (Phi) is 2.91. The van der Waals surface area contributed by atoms with Crippen LogP contribution in [0.2, 0.25) is 5.15 Å². The summed E-state index contributed by atoms with van der Waals surface area (Å²) >= 11 is 5.62. The molecule has 17 heavy (non-hydrogen) atoms. The molecule has 6 heteroatoms. The fraction of sp³-hybridized carbons (Fsp3) is 0.636. The fourth-order valence-electron chi connectivity index (χ4n) is 2.47. The maximum atomic E-state index is 11.8. The number of aromatic amines is 1. The quantitative estimate of drug-likeness (QED) is 0.810. The number of hydrogen-bond acceptors (Lipinski definition) is 3. The molecule has 0 aliphatic heterocycles. The van der Waals surface area contributed by atoms with Crippen molar-refractivity contribution in [3.05, 3.63) is 32.1 Å². The minimum absolute atomic E-state index is 0.0643. The Hall–Kier alpha value is -1.07. The summed E-state index contributed by atoms with van der Waals surface area (Å²) in [4.78, 5) is 26.0. The summed E-state index contributed by atoms with van der Waals surface area (Å²) in [6.45, 7) is 3.96. The molecular formula is C11H15ClN2O3. The van der Waals surface area contributed by atoms with Crippen LogP contribution in [0.1, 0.15) is 26.3 Å². The van der Waals surface area contributed by atoms with Gasteiger partial charge in [-0.15, -0.1) is 0 Å². The zero-order chi connectivity index (χ0) is 12.8. The van der Waals surface area contributed by atoms with Gasteiger partial charge in [0.1, 0.15) is 5.15 Å². The second-order valence-corrected chi connectivity index (χ2v) is 5.34. The number of nitrogens with one attached hydrogen (secondary N) is 1. The molecule has 2 unspecified atom stereocenters. The molecule has 0 amide bonds. The lowest BCUT2D eigenvalue weighted by atomic mass is 9.64. The molecule has 0 saturated heterocycles. The van der Waals surface area contributed by atoms with E-state index in [9.17, 15) is 9.59 Å². The van der Waals surface area contributed by atoms with Crippen LogP contribution in [0.4, 0.5) is 0 Å². The number of ether oxygens (including phenoxy) is 1. The first kappa shape index (κ1) is 12.4. The molecule has 1 saturated carbocycles. The first-order valence-electron chi connectivity index (χ1n) is 5.42. The van der Waals surface area contributed by atoms with Gasteiger partial charge in [0, 0.05) is 18.6 Å². The number of nitrogens with zero attached hydrogens (tertiary/aromatic N) is 1. The first-order valence-corrected chi connectivity index (χ1v) is 5.80. The van der Waals surface area contributed by atoms with Crippen molar-refractivity contribution in [2.75, 3.05) is 7.11 Å². The maximum absolute atomic E-state index is 11.8. The van der Waals surface area contributed by atoms with Crippen molar-refractivity contribution < 1.29 is 4.74 Å². The summed E-state index contributed by atoms with van der Waals surface area (Å²) in [7, 11) is 1.64. The number of methoxy groups -OCH3 is 1. The molecule has 1 aliphatic rings. The van der Waals surface area contributed by atoms with Gasteiger partial charge < -0.3 is 4.74 Å². The normalized spacial score (nSPS) is 26.6. The molecule has 1 heterocycles. The Morgan fingerprint density at radius 2 is 2.18 bits per heavy atom. The highest BCUT2D eigenvalue weighted by molar-refractivity contribution is 6.29. The Labute approximate surface area is 103 Å². The van der Waals surface area contributed by atoms with Crippen LogP contribution in [0, 0.1) is 5.41 Å². The average molecular weight is 259 g/mol. The second-order valence-electron chi connectivity index (χ2n) is 4.93. The Morgan fingerprint density at radius 3 is 2.65 bits per heavy atom. The zero-order valence-corrected chi connectivity index (χ0v) is 10.7. The van der Waals surface area contributed by atoms with Crippen LogP contribution in [0.3, 0.4) is 0 Å². The summed E-state index contributed by atoms with van der Waals surface area (Å²) < 4.78 is 6.53. The molecule has 94 valence electrons. The Morgan fingerprint density at radius 1 is 1.53 bits per heavy atom. The molecule has 5 nitrogen and oxygen atoms in total. The highest BCUT2D eigenvalue weighted by Gasteiger charge is 2.50. The van der Waals surface area contributed by atoms with Gasteiger partial charge in [0.2, 0.25) is 0 Å². The van der Waals surface area contributed by atoms with E-state index >= 15 is 0 Å². The van der Waals surface area contributed by atoms with E-state index < -0.39 is 5.69 Å². The number of aromatic nitrogens is 2. The number of H-pyrrole nitrogens is 1. The Balaban J connectivity index is 2.45. The number of rotatable bonds is 2. The van der Waals surface area contributed by atoms with Gasteiger partial charge in [-0.1, -0.05) is 25.4 Å². The van der Waals surface area contributed by atoms with E-state index in [1.165, 1.54) is 10.6 Å². The lowest BCUT2D eigenvalue weighted by Crippen LogP contribution is -2.56. The third kappa shape index (κ3) is 1.83. The van der Waals surface area contributed by atoms with E-state index in [1.807, 2.05) is 13.8 Å². The van der Waals surface area contributed by atoms with Crippen LogP contribution in [-0.2, 0) is 4.74 Å². The van der Waals surface area contributed by atoms with Crippen molar-refractivity contribution in [2.24, 2.45) is 5.41 Å². The van der Waals surface area contributed by atoms with Crippen LogP contribution in [0.25, 0.3) is 0 Å². The maximum Gasteiger partial charge on any atom is 0.329 e. The largest absolute Gasteiger partial charge is 0.381 e. The van der Waals surface area contributed by atoms with Gasteiger partial charge in [-0.25, -0.2) is 4.79 Å². The molecule has 2 atom stereocenters. The second kappa shape index (κ2) is 3.99. The molecule has 0 bridgehead atoms. The van der Waals surface area contributed by atoms with Gasteiger partial charge in [0.15, 0.2) is 0 Å². The predicted molar refractivity (Wildman–Crippen MR) is 64.6 cm³/mol. The highest BCUT2D eigenvalue weighted by atomic mass is 35.5. The van der Waals surface area contributed by atoms with Gasteiger partial charge in [-0.05, 0) is 6.42 Å². The van der Waals surface area contributed by atoms with Crippen molar-refractivity contribution in [3.63, 3.8) is 0 Å². The van der Waals surface area contributed by atoms with E-state index in [1.54, 1.807) is 7.11 Å². The number of hydrogen-bond donors (Lipinski definition) is 1. The summed E-state index contributed by atoms with van der Waals surface area (Å²) in [6.07, 6.45) is 0.725. The van der Waals surface area contributed by atoms with E-state index in [4.69, 9.17) is 16.3 Å². The van der Waals surface area contributed by atoms with E-state index in [2.05, 4.69) is 4.98 Å². The highest BCUT2D eigenvalue weighted by Crippen LogP contribution is 2.49. The molecule has 1 aromatic rings. The summed E-state index contributed by atoms with van der Waals surface area (Å²) in [5, 5.41) is 0.0664. The monoisotopic (exact) mass is 258 g/mol. The van der Waals surface area contributed by atoms with Crippen LogP contribution >= 0.6 is 11.6 Å². The minimum Gasteiger partial charge on any atom is -0.381 e. The standard InChI is InChI=1S/C11H15ClN2O3/c1-11(2)6(4-7(11)17-3)14-9(15)5-8(12)13-10(14)16/h5-7H,4H2,1-3H3,(H,13,16). The van der Waals surface area contributed by atoms with E-state index in [0.717, 1.165) is 0 Å². The lowest BCUT2D eigenvalue weighted by molar-refractivity contribution is -0.114. The predicted octanol–water partition coefficient (Wildman–Crippen LogP) is 1.18. The van der Waals surface area contributed by atoms with E-state index in [-0.39, 0.29) is 28.3 Å². The molecule has 1 fully saturated rings. The summed E-state index contributed by atoms with van der Waals surface area (Å²) in [6, 6.07) is 1.07. The van der Waals surface area contributed by atoms with Crippen LogP contribution in [-0.4, -0.2) is 22.8 Å². The van der Waals surface area contributed by atoms with Crippen molar-refractivity contribution in [1.82, 2.24) is 9.55 Å². The fourth-order valence-corrected chi connectivity index (χ4v) is 2.65. The molecule has 0 spiro atoms. The average Bonchev–Trinajstić information content (AvgIpc) is 2.20. The van der Waals surface area contributed by atoms with Crippen molar-refractivity contribution in [2.45, 2.75) is 32.4 Å². The molecule has 0 aromatic carbocycles. The van der Waals surface area contributed by atoms with Crippen LogP contribution in [0.5, 0.6) is 0 Å². The molecule has 0 radical (unpaired) electrons. The summed E-state index contributed by atoms with van der Waals surface area (Å²) in [5.74, 6) is 0. The van der Waals surface area contributed by atoms with Gasteiger partial charge in [0.25, 0.3) is 5.56 Å². The smallest absolute Gasteiger partial charge is 0.329 e. The van der Waals surface area contributed by atoms with Gasteiger partial charge >= 0.3 is 5.69 Å². The summed E-state index contributed by atoms with van der Waals surface area (Å²) in [5.41, 5.74) is -1.07. The topological polar surface area (TPSA) is 64.1 Å². The molecule has 1 aromatic heterocycles. The third-order valence-electron chi connectivity index (χ3n) is 3.65. The van der Waals surface area contributed by atoms with Crippen molar-refractivity contribution in [3.8, 4) is 0 Å². The molecule has 2 rings (SSSR count). The van der Waals surface area contributed by atoms with Crippen LogP contribution in [0.15, 0.2) is 15.7 Å². The zero-order valence-electron chi connectivity index (χ0n) is 9.99. The molecule has 1 aliphatic carbocycles. The van der Waals surface area contributed by atoms with Crippen molar-refractivity contribution in [1.29, 1.82) is 0 Å². The minimum atomic E-state index is -0.463. The molecule has 1 N–H and O–H groups in total. The van der Waals surface area contributed by atoms with E-state index in [0.29, 0.717) is 6.42 Å². The van der Waals surface area contributed by atoms with Crippen LogP contribution < -0.4 is 11.2 Å². The van der Waals surface area contributed by atoms with Gasteiger partial charge in [-0.2, -0.15) is 0 Å². The number of halogens is 1. The molecular weight excluding hydrogens is 244 g/mol. The SMILES string of the molecule is COC1CC(n2c(=O)cc(Cl)[nH]c2=O)C1(C)C.